The Kier molecular flexibility index (Phi) is 3.18. The van der Waals surface area contributed by atoms with Crippen molar-refractivity contribution in [3.05, 3.63) is 42.0 Å². The summed E-state index contributed by atoms with van der Waals surface area (Å²) in [7, 11) is 1.92. The largest absolute Gasteiger partial charge is 0.398 e. The predicted octanol–water partition coefficient (Wildman–Crippen LogP) is 0.713. The van der Waals surface area contributed by atoms with Crippen LogP contribution in [0.4, 0.5) is 11.4 Å². The molecule has 0 bridgehead atoms. The lowest BCUT2D eigenvalue weighted by Gasteiger charge is -2.09. The number of carbonyl (C=O) groups is 1. The number of nitrogen functional groups attached to an aromatic ring is 1. The van der Waals surface area contributed by atoms with Gasteiger partial charge >= 0.3 is 0 Å². The average molecular weight is 245 g/mol. The van der Waals surface area contributed by atoms with Gasteiger partial charge in [0, 0.05) is 30.8 Å². The van der Waals surface area contributed by atoms with E-state index in [0.29, 0.717) is 17.8 Å². The molecule has 1 aromatic carbocycles. The van der Waals surface area contributed by atoms with E-state index in [1.807, 2.05) is 17.8 Å². The van der Waals surface area contributed by atoms with Gasteiger partial charge in [-0.1, -0.05) is 0 Å². The Hall–Kier alpha value is -2.50. The Labute approximate surface area is 105 Å². The maximum atomic E-state index is 11.2. The predicted molar refractivity (Wildman–Crippen MR) is 69.9 cm³/mol. The zero-order valence-corrected chi connectivity index (χ0v) is 10.1. The fourth-order valence-corrected chi connectivity index (χ4v) is 1.63. The van der Waals surface area contributed by atoms with Crippen LogP contribution in [0, 0.1) is 0 Å². The molecule has 0 radical (unpaired) electrons. The lowest BCUT2D eigenvalue weighted by Crippen LogP contribution is -2.14. The number of amides is 1. The second-order valence-corrected chi connectivity index (χ2v) is 3.97. The number of aryl methyl sites for hydroxylation is 1. The number of aromatic nitrogens is 2. The molecule has 5 N–H and O–H groups in total. The minimum atomic E-state index is -0.534. The number of primary amides is 1. The second-order valence-electron chi connectivity index (χ2n) is 3.97. The number of rotatable bonds is 4. The number of benzene rings is 1. The van der Waals surface area contributed by atoms with Crippen molar-refractivity contribution in [3.63, 3.8) is 0 Å². The van der Waals surface area contributed by atoms with Crippen LogP contribution in [0.2, 0.25) is 0 Å². The highest BCUT2D eigenvalue weighted by molar-refractivity contribution is 5.98. The van der Waals surface area contributed by atoms with Crippen molar-refractivity contribution in [2.75, 3.05) is 11.1 Å². The zero-order valence-electron chi connectivity index (χ0n) is 10.1. The molecule has 1 aromatic heterocycles. The smallest absolute Gasteiger partial charge is 0.250 e. The van der Waals surface area contributed by atoms with Crippen molar-refractivity contribution in [1.29, 1.82) is 0 Å². The van der Waals surface area contributed by atoms with Crippen LogP contribution < -0.4 is 16.8 Å². The lowest BCUT2D eigenvalue weighted by molar-refractivity contribution is 0.100. The number of nitrogens with zero attached hydrogens (tertiary/aromatic N) is 2. The van der Waals surface area contributed by atoms with Gasteiger partial charge in [-0.25, -0.2) is 4.98 Å². The molecule has 0 aliphatic heterocycles. The van der Waals surface area contributed by atoms with E-state index >= 15 is 0 Å². The molecule has 0 unspecified atom stereocenters. The number of carbonyl (C=O) groups excluding carboxylic acids is 1. The van der Waals surface area contributed by atoms with Gasteiger partial charge in [-0.15, -0.1) is 0 Å². The van der Waals surface area contributed by atoms with Gasteiger partial charge in [0.1, 0.15) is 5.82 Å². The van der Waals surface area contributed by atoms with E-state index in [2.05, 4.69) is 10.3 Å². The molecular formula is C12H15N5O. The minimum Gasteiger partial charge on any atom is -0.398 e. The highest BCUT2D eigenvalue weighted by Crippen LogP contribution is 2.17. The van der Waals surface area contributed by atoms with Crippen LogP contribution in [-0.2, 0) is 13.6 Å². The maximum Gasteiger partial charge on any atom is 0.250 e. The molecule has 1 amide bonds. The van der Waals surface area contributed by atoms with Crippen LogP contribution in [0.5, 0.6) is 0 Å². The number of nitrogens with one attached hydrogen (secondary N) is 1. The van der Waals surface area contributed by atoms with Crippen LogP contribution in [0.1, 0.15) is 16.2 Å². The number of anilines is 2. The van der Waals surface area contributed by atoms with Crippen LogP contribution in [0.25, 0.3) is 0 Å². The van der Waals surface area contributed by atoms with Crippen molar-refractivity contribution < 1.29 is 4.79 Å². The molecule has 6 nitrogen and oxygen atoms in total. The third kappa shape index (κ3) is 2.42. The molecular weight excluding hydrogens is 230 g/mol. The average Bonchev–Trinajstić information content (AvgIpc) is 2.73. The molecule has 18 heavy (non-hydrogen) atoms. The van der Waals surface area contributed by atoms with Crippen LogP contribution in [0.3, 0.4) is 0 Å². The highest BCUT2D eigenvalue weighted by atomic mass is 16.1. The first-order chi connectivity index (χ1) is 8.58. The van der Waals surface area contributed by atoms with Crippen molar-refractivity contribution in [2.45, 2.75) is 6.54 Å². The normalized spacial score (nSPS) is 10.3. The summed E-state index contributed by atoms with van der Waals surface area (Å²) in [4.78, 5) is 15.3. The topological polar surface area (TPSA) is 99.0 Å². The van der Waals surface area contributed by atoms with Gasteiger partial charge in [-0.2, -0.15) is 0 Å². The Morgan fingerprint density at radius 2 is 2.28 bits per heavy atom. The summed E-state index contributed by atoms with van der Waals surface area (Å²) in [5, 5.41) is 3.16. The SMILES string of the molecule is Cn1ccnc1CNc1ccc(N)c(C(N)=O)c1. The van der Waals surface area contributed by atoms with Gasteiger partial charge in [0.05, 0.1) is 12.1 Å². The summed E-state index contributed by atoms with van der Waals surface area (Å²) in [6, 6.07) is 5.09. The number of imidazole rings is 1. The zero-order chi connectivity index (χ0) is 13.1. The van der Waals surface area contributed by atoms with Crippen molar-refractivity contribution >= 4 is 17.3 Å². The van der Waals surface area contributed by atoms with Crippen molar-refractivity contribution in [2.24, 2.45) is 12.8 Å². The summed E-state index contributed by atoms with van der Waals surface area (Å²) in [5.41, 5.74) is 12.4. The monoisotopic (exact) mass is 245 g/mol. The van der Waals surface area contributed by atoms with Gasteiger partial charge < -0.3 is 21.4 Å². The van der Waals surface area contributed by atoms with E-state index in [9.17, 15) is 4.79 Å². The van der Waals surface area contributed by atoms with E-state index in [0.717, 1.165) is 11.5 Å². The molecule has 2 aromatic rings. The molecule has 94 valence electrons. The summed E-state index contributed by atoms with van der Waals surface area (Å²) in [6.45, 7) is 0.561. The number of nitrogens with two attached hydrogens (primary N) is 2. The van der Waals surface area contributed by atoms with Crippen molar-refractivity contribution in [3.8, 4) is 0 Å². The molecule has 1 heterocycles. The van der Waals surface area contributed by atoms with Gasteiger partial charge in [0.25, 0.3) is 5.91 Å². The Morgan fingerprint density at radius 1 is 1.50 bits per heavy atom. The fourth-order valence-electron chi connectivity index (χ4n) is 1.63. The van der Waals surface area contributed by atoms with Gasteiger partial charge in [-0.05, 0) is 18.2 Å². The Balaban J connectivity index is 2.13. The first-order valence-corrected chi connectivity index (χ1v) is 5.47. The fraction of sp³-hybridized carbons (Fsp3) is 0.167. The van der Waals surface area contributed by atoms with E-state index in [4.69, 9.17) is 11.5 Å². The third-order valence-electron chi connectivity index (χ3n) is 2.69. The first-order valence-electron chi connectivity index (χ1n) is 5.47. The van der Waals surface area contributed by atoms with E-state index < -0.39 is 5.91 Å². The third-order valence-corrected chi connectivity index (χ3v) is 2.69. The molecule has 0 atom stereocenters. The van der Waals surface area contributed by atoms with Gasteiger partial charge in [-0.3, -0.25) is 4.79 Å². The Morgan fingerprint density at radius 3 is 2.89 bits per heavy atom. The molecule has 2 rings (SSSR count). The summed E-state index contributed by atoms with van der Waals surface area (Å²) in [6.07, 6.45) is 3.60. The lowest BCUT2D eigenvalue weighted by atomic mass is 10.1. The summed E-state index contributed by atoms with van der Waals surface area (Å²) in [5.74, 6) is 0.362. The molecule has 0 saturated carbocycles. The van der Waals surface area contributed by atoms with E-state index in [1.54, 1.807) is 24.4 Å². The Bertz CT molecular complexity index is 576. The molecule has 0 aliphatic carbocycles. The van der Waals surface area contributed by atoms with Gasteiger partial charge in [0.2, 0.25) is 0 Å². The minimum absolute atomic E-state index is 0.319. The van der Waals surface area contributed by atoms with Crippen LogP contribution in [-0.4, -0.2) is 15.5 Å². The van der Waals surface area contributed by atoms with E-state index in [-0.39, 0.29) is 0 Å². The second kappa shape index (κ2) is 4.79. The maximum absolute atomic E-state index is 11.2. The quantitative estimate of drug-likeness (QED) is 0.691. The number of hydrogen-bond donors (Lipinski definition) is 3. The molecule has 0 aliphatic rings. The van der Waals surface area contributed by atoms with E-state index in [1.165, 1.54) is 0 Å². The van der Waals surface area contributed by atoms with Gasteiger partial charge in [0.15, 0.2) is 0 Å². The molecule has 0 spiro atoms. The summed E-state index contributed by atoms with van der Waals surface area (Å²) < 4.78 is 1.92. The first kappa shape index (κ1) is 12.0. The summed E-state index contributed by atoms with van der Waals surface area (Å²) >= 11 is 0. The molecule has 6 heteroatoms. The number of hydrogen-bond acceptors (Lipinski definition) is 4. The standard InChI is InChI=1S/C12H15N5O/c1-17-5-4-15-11(17)7-16-8-2-3-10(13)9(6-8)12(14)18/h2-6,16H,7,13H2,1H3,(H2,14,18). The highest BCUT2D eigenvalue weighted by Gasteiger charge is 2.07. The van der Waals surface area contributed by atoms with Crippen LogP contribution >= 0.6 is 0 Å². The van der Waals surface area contributed by atoms with Crippen molar-refractivity contribution in [1.82, 2.24) is 9.55 Å². The molecule has 0 saturated heterocycles. The molecule has 0 fully saturated rings. The van der Waals surface area contributed by atoms with Crippen LogP contribution in [0.15, 0.2) is 30.6 Å².